The van der Waals surface area contributed by atoms with Crippen molar-refractivity contribution in [1.29, 1.82) is 0 Å². The van der Waals surface area contributed by atoms with Gasteiger partial charge < -0.3 is 5.11 Å². The molecule has 0 radical (unpaired) electrons. The predicted molar refractivity (Wildman–Crippen MR) is 106 cm³/mol. The second-order valence-corrected chi connectivity index (χ2v) is 7.42. The van der Waals surface area contributed by atoms with Gasteiger partial charge in [0, 0.05) is 10.6 Å². The first kappa shape index (κ1) is 19.1. The number of hydrogen-bond donors (Lipinski definition) is 2. The molecule has 0 atom stereocenters. The summed E-state index contributed by atoms with van der Waals surface area (Å²) in [5.74, 6) is -1.81. The fraction of sp³-hybridized carbons (Fsp3) is 0.105. The molecule has 1 fully saturated rings. The van der Waals surface area contributed by atoms with Crippen molar-refractivity contribution < 1.29 is 19.5 Å². The lowest BCUT2D eigenvalue weighted by molar-refractivity contribution is -0.122. The van der Waals surface area contributed by atoms with Crippen LogP contribution in [0.25, 0.3) is 6.08 Å². The highest BCUT2D eigenvalue weighted by atomic mass is 79.9. The zero-order valence-electron chi connectivity index (χ0n) is 14.3. The first-order chi connectivity index (χ1) is 12.7. The number of aryl methyl sites for hydroxylation is 2. The van der Waals surface area contributed by atoms with E-state index in [9.17, 15) is 19.5 Å². The number of nitrogens with zero attached hydrogens (tertiary/aromatic N) is 1. The fourth-order valence-electron chi connectivity index (χ4n) is 2.82. The van der Waals surface area contributed by atoms with Crippen LogP contribution in [0.3, 0.4) is 0 Å². The Morgan fingerprint density at radius 3 is 2.33 bits per heavy atom. The molecule has 3 rings (SSSR count). The molecule has 4 amide bonds. The molecular formula is C19H14BrClN2O4. The van der Waals surface area contributed by atoms with Gasteiger partial charge in [-0.2, -0.15) is 0 Å². The molecular weight excluding hydrogens is 436 g/mol. The topological polar surface area (TPSA) is 86.7 Å². The SMILES string of the molecule is Cc1cc(C)cc(N2C(=O)NC(=O)/C(=C\c3cc(Cl)cc(Br)c3O)C2=O)c1. The molecule has 138 valence electrons. The van der Waals surface area contributed by atoms with Gasteiger partial charge in [-0.15, -0.1) is 0 Å². The number of halogens is 2. The summed E-state index contributed by atoms with van der Waals surface area (Å²) >= 11 is 9.13. The summed E-state index contributed by atoms with van der Waals surface area (Å²) in [5.41, 5.74) is 1.96. The first-order valence-electron chi connectivity index (χ1n) is 7.85. The van der Waals surface area contributed by atoms with Gasteiger partial charge in [0.25, 0.3) is 11.8 Å². The lowest BCUT2D eigenvalue weighted by Gasteiger charge is -2.27. The lowest BCUT2D eigenvalue weighted by atomic mass is 10.0. The maximum atomic E-state index is 12.9. The third-order valence-electron chi connectivity index (χ3n) is 3.92. The Kier molecular flexibility index (Phi) is 5.08. The molecule has 27 heavy (non-hydrogen) atoms. The Hall–Kier alpha value is -2.64. The average molecular weight is 450 g/mol. The minimum atomic E-state index is -0.846. The van der Waals surface area contributed by atoms with Gasteiger partial charge in [0.05, 0.1) is 10.2 Å². The third-order valence-corrected chi connectivity index (χ3v) is 4.75. The number of imide groups is 2. The molecule has 0 bridgehead atoms. The Morgan fingerprint density at radius 2 is 1.70 bits per heavy atom. The van der Waals surface area contributed by atoms with Crippen molar-refractivity contribution >= 4 is 57.1 Å². The molecule has 1 saturated heterocycles. The second-order valence-electron chi connectivity index (χ2n) is 6.13. The van der Waals surface area contributed by atoms with E-state index in [0.29, 0.717) is 15.2 Å². The summed E-state index contributed by atoms with van der Waals surface area (Å²) in [6.07, 6.45) is 1.20. The monoisotopic (exact) mass is 448 g/mol. The molecule has 0 aromatic heterocycles. The van der Waals surface area contributed by atoms with E-state index in [1.54, 1.807) is 12.1 Å². The van der Waals surface area contributed by atoms with Gasteiger partial charge in [-0.3, -0.25) is 14.9 Å². The van der Waals surface area contributed by atoms with Gasteiger partial charge in [-0.05, 0) is 71.2 Å². The molecule has 2 aromatic rings. The van der Waals surface area contributed by atoms with E-state index < -0.39 is 17.8 Å². The van der Waals surface area contributed by atoms with Crippen molar-refractivity contribution in [3.05, 3.63) is 62.1 Å². The van der Waals surface area contributed by atoms with Crippen molar-refractivity contribution in [3.63, 3.8) is 0 Å². The molecule has 2 N–H and O–H groups in total. The minimum Gasteiger partial charge on any atom is -0.506 e. The van der Waals surface area contributed by atoms with Gasteiger partial charge in [0.2, 0.25) is 0 Å². The maximum Gasteiger partial charge on any atom is 0.335 e. The van der Waals surface area contributed by atoms with Crippen LogP contribution in [0.4, 0.5) is 10.5 Å². The van der Waals surface area contributed by atoms with Gasteiger partial charge in [-0.25, -0.2) is 9.69 Å². The average Bonchev–Trinajstić information content (AvgIpc) is 2.54. The highest BCUT2D eigenvalue weighted by Crippen LogP contribution is 2.33. The molecule has 6 nitrogen and oxygen atoms in total. The van der Waals surface area contributed by atoms with Crippen LogP contribution >= 0.6 is 27.5 Å². The van der Waals surface area contributed by atoms with Gasteiger partial charge >= 0.3 is 6.03 Å². The molecule has 1 heterocycles. The van der Waals surface area contributed by atoms with Gasteiger partial charge in [0.15, 0.2) is 0 Å². The van der Waals surface area contributed by atoms with Crippen molar-refractivity contribution in [2.45, 2.75) is 13.8 Å². The fourth-order valence-corrected chi connectivity index (χ4v) is 3.66. The molecule has 0 unspecified atom stereocenters. The number of amides is 4. The zero-order chi connectivity index (χ0) is 19.9. The Balaban J connectivity index is 2.10. The Labute approximate surface area is 168 Å². The smallest absolute Gasteiger partial charge is 0.335 e. The van der Waals surface area contributed by atoms with E-state index in [4.69, 9.17) is 11.6 Å². The quantitative estimate of drug-likeness (QED) is 0.534. The van der Waals surface area contributed by atoms with Gasteiger partial charge in [0.1, 0.15) is 11.3 Å². The van der Waals surface area contributed by atoms with Gasteiger partial charge in [-0.1, -0.05) is 17.7 Å². The zero-order valence-corrected chi connectivity index (χ0v) is 16.7. The molecule has 8 heteroatoms. The van der Waals surface area contributed by atoms with Crippen molar-refractivity contribution in [1.82, 2.24) is 5.32 Å². The van der Waals surface area contributed by atoms with E-state index in [1.807, 2.05) is 19.9 Å². The summed E-state index contributed by atoms with van der Waals surface area (Å²) in [5, 5.41) is 12.6. The minimum absolute atomic E-state index is 0.169. The summed E-state index contributed by atoms with van der Waals surface area (Å²) in [6, 6.07) is 7.30. The van der Waals surface area contributed by atoms with Crippen LogP contribution in [-0.4, -0.2) is 23.0 Å². The summed E-state index contributed by atoms with van der Waals surface area (Å²) in [6.45, 7) is 3.68. The lowest BCUT2D eigenvalue weighted by Crippen LogP contribution is -2.54. The molecule has 0 aliphatic carbocycles. The van der Waals surface area contributed by atoms with E-state index in [-0.39, 0.29) is 16.9 Å². The number of barbiturate groups is 1. The van der Waals surface area contributed by atoms with Crippen LogP contribution in [-0.2, 0) is 9.59 Å². The molecule has 1 aliphatic rings. The Bertz CT molecular complexity index is 1010. The van der Waals surface area contributed by atoms with E-state index >= 15 is 0 Å². The Morgan fingerprint density at radius 1 is 1.07 bits per heavy atom. The van der Waals surface area contributed by atoms with Crippen LogP contribution in [0.1, 0.15) is 16.7 Å². The van der Waals surface area contributed by atoms with E-state index in [2.05, 4.69) is 21.2 Å². The number of phenols is 1. The number of carbonyl (C=O) groups is 3. The van der Waals surface area contributed by atoms with Crippen LogP contribution < -0.4 is 10.2 Å². The van der Waals surface area contributed by atoms with Crippen LogP contribution in [0.5, 0.6) is 5.75 Å². The highest BCUT2D eigenvalue weighted by molar-refractivity contribution is 9.10. The summed E-state index contributed by atoms with van der Waals surface area (Å²) in [7, 11) is 0. The largest absolute Gasteiger partial charge is 0.506 e. The summed E-state index contributed by atoms with van der Waals surface area (Å²) in [4.78, 5) is 38.3. The number of carbonyl (C=O) groups excluding carboxylic acids is 3. The number of aromatic hydroxyl groups is 1. The number of benzene rings is 2. The molecule has 2 aromatic carbocycles. The number of phenolic OH excluding ortho intramolecular Hbond substituents is 1. The molecule has 0 saturated carbocycles. The maximum absolute atomic E-state index is 12.9. The van der Waals surface area contributed by atoms with Crippen LogP contribution in [0.2, 0.25) is 5.02 Å². The molecule has 0 spiro atoms. The third kappa shape index (κ3) is 3.74. The second kappa shape index (κ2) is 7.17. The number of nitrogens with one attached hydrogen (secondary N) is 1. The van der Waals surface area contributed by atoms with Crippen LogP contribution in [0, 0.1) is 13.8 Å². The number of anilines is 1. The normalized spacial score (nSPS) is 16.1. The van der Waals surface area contributed by atoms with Crippen molar-refractivity contribution in [3.8, 4) is 5.75 Å². The number of rotatable bonds is 2. The van der Waals surface area contributed by atoms with Crippen LogP contribution in [0.15, 0.2) is 40.4 Å². The van der Waals surface area contributed by atoms with E-state index in [1.165, 1.54) is 18.2 Å². The standard InChI is InChI=1S/C19H14BrClN2O4/c1-9-3-10(2)5-13(4-9)23-18(26)14(17(25)22-19(23)27)7-11-6-12(21)8-15(20)16(11)24/h3-8,24H,1-2H3,(H,22,25,27)/b14-7+. The highest BCUT2D eigenvalue weighted by Gasteiger charge is 2.37. The van der Waals surface area contributed by atoms with E-state index in [0.717, 1.165) is 16.0 Å². The van der Waals surface area contributed by atoms with Crippen molar-refractivity contribution in [2.24, 2.45) is 0 Å². The summed E-state index contributed by atoms with van der Waals surface area (Å²) < 4.78 is 0.313. The number of urea groups is 1. The predicted octanol–water partition coefficient (Wildman–Crippen LogP) is 4.09. The molecule has 1 aliphatic heterocycles. The number of hydrogen-bond acceptors (Lipinski definition) is 4. The van der Waals surface area contributed by atoms with Crippen molar-refractivity contribution in [2.75, 3.05) is 4.90 Å². The first-order valence-corrected chi connectivity index (χ1v) is 9.02.